The number of hydrogen-bond acceptors (Lipinski definition) is 2. The Bertz CT molecular complexity index is 893. The van der Waals surface area contributed by atoms with Gasteiger partial charge in [0.2, 0.25) is 0 Å². The first-order chi connectivity index (χ1) is 12.3. The van der Waals surface area contributed by atoms with Crippen molar-refractivity contribution < 1.29 is 9.53 Å². The number of anilines is 1. The topological polar surface area (TPSA) is 38.3 Å². The predicted molar refractivity (Wildman–Crippen MR) is 99.4 cm³/mol. The molecular formula is C22H17NO2. The molecule has 3 nitrogen and oxygen atoms in total. The molecule has 0 radical (unpaired) electrons. The van der Waals surface area contributed by atoms with E-state index in [1.54, 1.807) is 0 Å². The van der Waals surface area contributed by atoms with Crippen molar-refractivity contribution in [1.29, 1.82) is 0 Å². The first kappa shape index (κ1) is 16.4. The van der Waals surface area contributed by atoms with Gasteiger partial charge < -0.3 is 10.1 Å². The van der Waals surface area contributed by atoms with Crippen molar-refractivity contribution in [2.45, 2.75) is 0 Å². The van der Waals surface area contributed by atoms with Crippen LogP contribution >= 0.6 is 0 Å². The predicted octanol–water partition coefficient (Wildman–Crippen LogP) is 4.10. The summed E-state index contributed by atoms with van der Waals surface area (Å²) < 4.78 is 5.44. The number of carbonyl (C=O) groups is 1. The summed E-state index contributed by atoms with van der Waals surface area (Å²) in [5.74, 6) is 6.66. The Morgan fingerprint density at radius 2 is 1.44 bits per heavy atom. The van der Waals surface area contributed by atoms with Gasteiger partial charge in [-0.1, -0.05) is 54.3 Å². The average molecular weight is 327 g/mol. The zero-order valence-electron chi connectivity index (χ0n) is 13.6. The summed E-state index contributed by atoms with van der Waals surface area (Å²) in [5.41, 5.74) is 2.49. The summed E-state index contributed by atoms with van der Waals surface area (Å²) in [5, 5.41) is 2.82. The van der Waals surface area contributed by atoms with Gasteiger partial charge in [0, 0.05) is 16.8 Å². The van der Waals surface area contributed by atoms with Crippen LogP contribution in [0.25, 0.3) is 0 Å². The van der Waals surface area contributed by atoms with E-state index in [-0.39, 0.29) is 12.5 Å². The van der Waals surface area contributed by atoms with Crippen LogP contribution in [0.2, 0.25) is 0 Å². The normalized spacial score (nSPS) is 9.60. The van der Waals surface area contributed by atoms with E-state index in [9.17, 15) is 4.79 Å². The van der Waals surface area contributed by atoms with E-state index in [1.165, 1.54) is 0 Å². The fraction of sp³-hybridized carbons (Fsp3) is 0.0455. The van der Waals surface area contributed by atoms with Gasteiger partial charge in [-0.3, -0.25) is 4.79 Å². The van der Waals surface area contributed by atoms with E-state index in [0.29, 0.717) is 11.4 Å². The highest BCUT2D eigenvalue weighted by Crippen LogP contribution is 2.11. The molecule has 0 spiro atoms. The Morgan fingerprint density at radius 3 is 2.20 bits per heavy atom. The molecule has 3 aromatic carbocycles. The number of ether oxygens (including phenoxy) is 1. The molecule has 122 valence electrons. The van der Waals surface area contributed by atoms with E-state index in [0.717, 1.165) is 11.1 Å². The molecule has 0 aromatic heterocycles. The first-order valence-corrected chi connectivity index (χ1v) is 7.94. The van der Waals surface area contributed by atoms with Crippen LogP contribution in [0, 0.1) is 11.8 Å². The van der Waals surface area contributed by atoms with Crippen molar-refractivity contribution in [1.82, 2.24) is 0 Å². The molecule has 0 fully saturated rings. The maximum absolute atomic E-state index is 12.0. The second kappa shape index (κ2) is 8.37. The van der Waals surface area contributed by atoms with Gasteiger partial charge in [0.15, 0.2) is 6.61 Å². The van der Waals surface area contributed by atoms with E-state index in [1.807, 2.05) is 84.9 Å². The summed E-state index contributed by atoms with van der Waals surface area (Å²) in [6.45, 7) is -0.0378. The Kier molecular flexibility index (Phi) is 5.48. The monoisotopic (exact) mass is 327 g/mol. The SMILES string of the molecule is O=C(COc1ccccc1)Nc1cccc(C#Cc2ccccc2)c1. The first-order valence-electron chi connectivity index (χ1n) is 7.94. The number of rotatable bonds is 4. The van der Waals surface area contributed by atoms with Crippen LogP contribution in [0.15, 0.2) is 84.9 Å². The fourth-order valence-electron chi connectivity index (χ4n) is 2.20. The van der Waals surface area contributed by atoms with Gasteiger partial charge in [0.05, 0.1) is 0 Å². The molecular weight excluding hydrogens is 310 g/mol. The lowest BCUT2D eigenvalue weighted by molar-refractivity contribution is -0.118. The number of amides is 1. The zero-order chi connectivity index (χ0) is 17.3. The van der Waals surface area contributed by atoms with E-state index in [4.69, 9.17) is 4.74 Å². The summed E-state index contributed by atoms with van der Waals surface area (Å²) in [6.07, 6.45) is 0. The van der Waals surface area contributed by atoms with Gasteiger partial charge >= 0.3 is 0 Å². The number of nitrogens with one attached hydrogen (secondary N) is 1. The van der Waals surface area contributed by atoms with Gasteiger partial charge in [-0.2, -0.15) is 0 Å². The van der Waals surface area contributed by atoms with Crippen molar-refractivity contribution in [3.05, 3.63) is 96.1 Å². The van der Waals surface area contributed by atoms with Crippen LogP contribution in [0.3, 0.4) is 0 Å². The molecule has 0 saturated carbocycles. The van der Waals surface area contributed by atoms with E-state index >= 15 is 0 Å². The third-order valence-corrected chi connectivity index (χ3v) is 3.38. The highest BCUT2D eigenvalue weighted by molar-refractivity contribution is 5.92. The largest absolute Gasteiger partial charge is 0.484 e. The number of para-hydroxylation sites is 1. The minimum absolute atomic E-state index is 0.0378. The summed E-state index contributed by atoms with van der Waals surface area (Å²) in [4.78, 5) is 12.0. The fourth-order valence-corrected chi connectivity index (χ4v) is 2.20. The molecule has 0 heterocycles. The minimum Gasteiger partial charge on any atom is -0.484 e. The lowest BCUT2D eigenvalue weighted by atomic mass is 10.1. The Morgan fingerprint density at radius 1 is 0.800 bits per heavy atom. The third-order valence-electron chi connectivity index (χ3n) is 3.38. The van der Waals surface area contributed by atoms with Crippen LogP contribution in [-0.4, -0.2) is 12.5 Å². The van der Waals surface area contributed by atoms with Crippen LogP contribution in [0.1, 0.15) is 11.1 Å². The van der Waals surface area contributed by atoms with E-state index < -0.39 is 0 Å². The molecule has 0 saturated heterocycles. The average Bonchev–Trinajstić information content (AvgIpc) is 2.67. The van der Waals surface area contributed by atoms with Crippen molar-refractivity contribution >= 4 is 11.6 Å². The molecule has 3 aromatic rings. The molecule has 1 N–H and O–H groups in total. The smallest absolute Gasteiger partial charge is 0.262 e. The molecule has 0 aliphatic carbocycles. The molecule has 1 amide bonds. The number of hydrogen-bond donors (Lipinski definition) is 1. The highest BCUT2D eigenvalue weighted by Gasteiger charge is 2.03. The van der Waals surface area contributed by atoms with Crippen LogP contribution in [0.4, 0.5) is 5.69 Å². The Balaban J connectivity index is 1.60. The maximum atomic E-state index is 12.0. The van der Waals surface area contributed by atoms with E-state index in [2.05, 4.69) is 17.2 Å². The summed E-state index contributed by atoms with van der Waals surface area (Å²) in [6, 6.07) is 26.5. The van der Waals surface area contributed by atoms with Crippen molar-refractivity contribution in [3.8, 4) is 17.6 Å². The van der Waals surface area contributed by atoms with Crippen molar-refractivity contribution in [2.24, 2.45) is 0 Å². The van der Waals surface area contributed by atoms with Crippen LogP contribution in [-0.2, 0) is 4.79 Å². The van der Waals surface area contributed by atoms with Gasteiger partial charge in [0.25, 0.3) is 5.91 Å². The number of carbonyl (C=O) groups excluding carboxylic acids is 1. The van der Waals surface area contributed by atoms with Gasteiger partial charge in [-0.15, -0.1) is 0 Å². The molecule has 0 unspecified atom stereocenters. The molecule has 3 heteroatoms. The number of benzene rings is 3. The maximum Gasteiger partial charge on any atom is 0.262 e. The third kappa shape index (κ3) is 5.26. The molecule has 0 aliphatic rings. The Hall–Kier alpha value is -3.51. The summed E-state index contributed by atoms with van der Waals surface area (Å²) >= 11 is 0. The lowest BCUT2D eigenvalue weighted by Crippen LogP contribution is -2.20. The van der Waals surface area contributed by atoms with Crippen molar-refractivity contribution in [3.63, 3.8) is 0 Å². The molecule has 0 atom stereocenters. The Labute approximate surface area is 147 Å². The molecule has 0 bridgehead atoms. The molecule has 0 aliphatic heterocycles. The van der Waals surface area contributed by atoms with Crippen molar-refractivity contribution in [2.75, 3.05) is 11.9 Å². The zero-order valence-corrected chi connectivity index (χ0v) is 13.6. The highest BCUT2D eigenvalue weighted by atomic mass is 16.5. The second-order valence-corrected chi connectivity index (χ2v) is 5.35. The van der Waals surface area contributed by atoms with Gasteiger partial charge in [0.1, 0.15) is 5.75 Å². The second-order valence-electron chi connectivity index (χ2n) is 5.35. The van der Waals surface area contributed by atoms with Gasteiger partial charge in [-0.25, -0.2) is 0 Å². The summed E-state index contributed by atoms with van der Waals surface area (Å²) in [7, 11) is 0. The molecule has 3 rings (SSSR count). The van der Waals surface area contributed by atoms with Gasteiger partial charge in [-0.05, 0) is 42.5 Å². The lowest BCUT2D eigenvalue weighted by Gasteiger charge is -2.07. The minimum atomic E-state index is -0.211. The van der Waals surface area contributed by atoms with Crippen LogP contribution < -0.4 is 10.1 Å². The quantitative estimate of drug-likeness (QED) is 0.733. The van der Waals surface area contributed by atoms with Crippen LogP contribution in [0.5, 0.6) is 5.75 Å². The molecule has 25 heavy (non-hydrogen) atoms. The standard InChI is InChI=1S/C22H17NO2/c24-22(17-25-21-12-5-2-6-13-21)23-20-11-7-10-19(16-20)15-14-18-8-3-1-4-9-18/h1-13,16H,17H2,(H,23,24).